The van der Waals surface area contributed by atoms with Crippen molar-refractivity contribution in [3.05, 3.63) is 49.9 Å². The van der Waals surface area contributed by atoms with E-state index in [1.165, 1.54) is 23.5 Å². The van der Waals surface area contributed by atoms with Crippen LogP contribution in [0.5, 0.6) is 0 Å². The number of hydrogen-bond acceptors (Lipinski definition) is 8. The third-order valence-electron chi connectivity index (χ3n) is 5.26. The van der Waals surface area contributed by atoms with E-state index in [4.69, 9.17) is 4.74 Å². The molecule has 1 aliphatic carbocycles. The summed E-state index contributed by atoms with van der Waals surface area (Å²) in [5.74, 6) is -1.20. The number of non-ortho nitro benzene ring substituents is 1. The summed E-state index contributed by atoms with van der Waals surface area (Å²) in [6.07, 6.45) is 4.34. The molecule has 0 unspecified atom stereocenters. The fourth-order valence-electron chi connectivity index (χ4n) is 3.73. The quantitative estimate of drug-likeness (QED) is 0.337. The number of esters is 1. The summed E-state index contributed by atoms with van der Waals surface area (Å²) in [5.41, 5.74) is 1.40. The van der Waals surface area contributed by atoms with E-state index in [9.17, 15) is 28.1 Å². The van der Waals surface area contributed by atoms with Crippen LogP contribution in [-0.2, 0) is 32.4 Å². The first-order valence-corrected chi connectivity index (χ1v) is 13.0. The van der Waals surface area contributed by atoms with E-state index in [-0.39, 0.29) is 18.0 Å². The smallest absolute Gasteiger partial charge is 0.341 e. The van der Waals surface area contributed by atoms with Gasteiger partial charge in [0.1, 0.15) is 11.5 Å². The van der Waals surface area contributed by atoms with E-state index in [1.54, 1.807) is 13.8 Å². The van der Waals surface area contributed by atoms with Crippen LogP contribution in [0.3, 0.4) is 0 Å². The minimum absolute atomic E-state index is 0.0398. The number of ether oxygens (including phenoxy) is 1. The molecule has 0 saturated carbocycles. The van der Waals surface area contributed by atoms with Crippen molar-refractivity contribution in [1.29, 1.82) is 0 Å². The standard InChI is InChI=1S/C21H25N3O7S2/c1-4-31-21(26)19-15-7-5-6-8-17(15)32-20(19)22-18(25)12-23(33(3,29)30)16-11-14(24(27)28)10-9-13(16)2/h9-11H,4-8,12H2,1-3H3,(H,22,25). The molecule has 2 aromatic rings. The van der Waals surface area contributed by atoms with Crippen molar-refractivity contribution in [3.8, 4) is 0 Å². The normalized spacial score (nSPS) is 13.2. The number of aryl methyl sites for hydroxylation is 2. The molecule has 3 rings (SSSR count). The number of carbonyl (C=O) groups is 2. The average Bonchev–Trinajstić information content (AvgIpc) is 3.09. The Morgan fingerprint density at radius 2 is 1.97 bits per heavy atom. The molecule has 178 valence electrons. The van der Waals surface area contributed by atoms with Crippen molar-refractivity contribution in [2.24, 2.45) is 0 Å². The highest BCUT2D eigenvalue weighted by Crippen LogP contribution is 2.38. The van der Waals surface area contributed by atoms with Crippen LogP contribution >= 0.6 is 11.3 Å². The number of rotatable bonds is 8. The number of anilines is 2. The van der Waals surface area contributed by atoms with Gasteiger partial charge >= 0.3 is 5.97 Å². The van der Waals surface area contributed by atoms with Crippen molar-refractivity contribution < 1.29 is 27.7 Å². The molecule has 12 heteroatoms. The van der Waals surface area contributed by atoms with Crippen LogP contribution in [0, 0.1) is 17.0 Å². The molecule has 0 radical (unpaired) electrons. The fraction of sp³-hybridized carbons (Fsp3) is 0.429. The number of benzene rings is 1. The minimum atomic E-state index is -3.95. The summed E-state index contributed by atoms with van der Waals surface area (Å²) >= 11 is 1.29. The van der Waals surface area contributed by atoms with E-state index < -0.39 is 33.4 Å². The van der Waals surface area contributed by atoms with Crippen molar-refractivity contribution in [3.63, 3.8) is 0 Å². The highest BCUT2D eigenvalue weighted by atomic mass is 32.2. The zero-order valence-electron chi connectivity index (χ0n) is 18.5. The summed E-state index contributed by atoms with van der Waals surface area (Å²) in [7, 11) is -3.95. The molecule has 1 aromatic heterocycles. The molecule has 0 bridgehead atoms. The van der Waals surface area contributed by atoms with E-state index in [0.29, 0.717) is 22.5 Å². The van der Waals surface area contributed by atoms with Gasteiger partial charge in [-0.1, -0.05) is 6.07 Å². The third kappa shape index (κ3) is 5.50. The van der Waals surface area contributed by atoms with Crippen LogP contribution in [0.25, 0.3) is 0 Å². The van der Waals surface area contributed by atoms with Crippen LogP contribution in [-0.4, -0.2) is 44.6 Å². The summed E-state index contributed by atoms with van der Waals surface area (Å²) in [6.45, 7) is 2.87. The second-order valence-electron chi connectivity index (χ2n) is 7.68. The van der Waals surface area contributed by atoms with E-state index in [1.807, 2.05) is 0 Å². The number of sulfonamides is 1. The molecule has 1 amide bonds. The van der Waals surface area contributed by atoms with Gasteiger partial charge in [0.2, 0.25) is 15.9 Å². The lowest BCUT2D eigenvalue weighted by Crippen LogP contribution is -2.38. The maximum absolute atomic E-state index is 12.9. The van der Waals surface area contributed by atoms with Gasteiger partial charge in [0.15, 0.2) is 0 Å². The number of fused-ring (bicyclic) bond motifs is 1. The molecule has 0 saturated heterocycles. The van der Waals surface area contributed by atoms with Crippen LogP contribution in [0.2, 0.25) is 0 Å². The molecule has 0 aliphatic heterocycles. The molecule has 0 atom stereocenters. The number of nitro groups is 1. The van der Waals surface area contributed by atoms with Gasteiger partial charge < -0.3 is 10.1 Å². The maximum atomic E-state index is 12.9. The number of nitrogens with zero attached hydrogens (tertiary/aromatic N) is 2. The molecular formula is C21H25N3O7S2. The largest absolute Gasteiger partial charge is 0.462 e. The summed E-state index contributed by atoms with van der Waals surface area (Å²) in [5, 5.41) is 14.2. The van der Waals surface area contributed by atoms with E-state index >= 15 is 0 Å². The Kier molecular flexibility index (Phi) is 7.38. The Bertz CT molecular complexity index is 1200. The number of hydrogen-bond donors (Lipinski definition) is 1. The van der Waals surface area contributed by atoms with Gasteiger partial charge in [-0.2, -0.15) is 0 Å². The first-order chi connectivity index (χ1) is 15.5. The minimum Gasteiger partial charge on any atom is -0.462 e. The van der Waals surface area contributed by atoms with Gasteiger partial charge in [-0.05, 0) is 50.7 Å². The topological polar surface area (TPSA) is 136 Å². The Morgan fingerprint density at radius 3 is 2.61 bits per heavy atom. The zero-order valence-corrected chi connectivity index (χ0v) is 20.2. The maximum Gasteiger partial charge on any atom is 0.341 e. The molecule has 0 fully saturated rings. The Morgan fingerprint density at radius 1 is 1.27 bits per heavy atom. The molecule has 1 N–H and O–H groups in total. The predicted molar refractivity (Wildman–Crippen MR) is 126 cm³/mol. The van der Waals surface area contributed by atoms with Crippen LogP contribution in [0.15, 0.2) is 18.2 Å². The van der Waals surface area contributed by atoms with Gasteiger partial charge in [0, 0.05) is 17.0 Å². The average molecular weight is 496 g/mol. The molecule has 1 aromatic carbocycles. The second kappa shape index (κ2) is 9.87. The highest BCUT2D eigenvalue weighted by molar-refractivity contribution is 7.92. The first kappa shape index (κ1) is 24.6. The van der Waals surface area contributed by atoms with Crippen molar-refractivity contribution in [1.82, 2.24) is 0 Å². The molecule has 10 nitrogen and oxygen atoms in total. The SMILES string of the molecule is CCOC(=O)c1c(NC(=O)CN(c2cc([N+](=O)[O-])ccc2C)S(C)(=O)=O)sc2c1CCCC2. The molecule has 0 spiro atoms. The lowest BCUT2D eigenvalue weighted by Gasteiger charge is -2.23. The van der Waals surface area contributed by atoms with Crippen LogP contribution < -0.4 is 9.62 Å². The number of amides is 1. The number of thiophene rings is 1. The Balaban J connectivity index is 1.93. The van der Waals surface area contributed by atoms with Gasteiger partial charge in [-0.25, -0.2) is 13.2 Å². The molecular weight excluding hydrogens is 470 g/mol. The van der Waals surface area contributed by atoms with Gasteiger partial charge in [-0.15, -0.1) is 11.3 Å². The molecule has 33 heavy (non-hydrogen) atoms. The molecule has 1 heterocycles. The number of carbonyl (C=O) groups excluding carboxylic acids is 2. The van der Waals surface area contributed by atoms with Gasteiger partial charge in [0.25, 0.3) is 5.69 Å². The predicted octanol–water partition coefficient (Wildman–Crippen LogP) is 3.42. The molecule has 1 aliphatic rings. The highest BCUT2D eigenvalue weighted by Gasteiger charge is 2.29. The number of nitrogens with one attached hydrogen (secondary N) is 1. The monoisotopic (exact) mass is 495 g/mol. The number of nitro benzene ring substituents is 1. The third-order valence-corrected chi connectivity index (χ3v) is 7.60. The Labute approximate surface area is 195 Å². The second-order valence-corrected chi connectivity index (χ2v) is 10.7. The van der Waals surface area contributed by atoms with Gasteiger partial charge in [0.05, 0.1) is 29.0 Å². The van der Waals surface area contributed by atoms with E-state index in [0.717, 1.165) is 46.3 Å². The summed E-state index contributed by atoms with van der Waals surface area (Å²) < 4.78 is 31.0. The van der Waals surface area contributed by atoms with E-state index in [2.05, 4.69) is 5.32 Å². The van der Waals surface area contributed by atoms with Crippen LogP contribution in [0.1, 0.15) is 46.1 Å². The Hall–Kier alpha value is -2.99. The first-order valence-electron chi connectivity index (χ1n) is 10.4. The van der Waals surface area contributed by atoms with Crippen molar-refractivity contribution in [2.45, 2.75) is 39.5 Å². The van der Waals surface area contributed by atoms with Crippen LogP contribution in [0.4, 0.5) is 16.4 Å². The summed E-state index contributed by atoms with van der Waals surface area (Å²) in [4.78, 5) is 37.1. The van der Waals surface area contributed by atoms with Crippen molar-refractivity contribution >= 4 is 49.6 Å². The summed E-state index contributed by atoms with van der Waals surface area (Å²) in [6, 6.07) is 3.81. The lowest BCUT2D eigenvalue weighted by molar-refractivity contribution is -0.384. The van der Waals surface area contributed by atoms with Gasteiger partial charge in [-0.3, -0.25) is 19.2 Å². The lowest BCUT2D eigenvalue weighted by atomic mass is 9.95. The fourth-order valence-corrected chi connectivity index (χ4v) is 5.93. The van der Waals surface area contributed by atoms with Crippen molar-refractivity contribution in [2.75, 3.05) is 29.0 Å². The zero-order chi connectivity index (χ0) is 24.3.